The zero-order chi connectivity index (χ0) is 8.32. The molecule has 1 aliphatic heterocycles. The number of hydrogen-bond donors (Lipinski definition) is 1. The topological polar surface area (TPSA) is 21.3 Å². The van der Waals surface area contributed by atoms with Crippen molar-refractivity contribution in [3.63, 3.8) is 0 Å². The first-order chi connectivity index (χ1) is 5.17. The van der Waals surface area contributed by atoms with Crippen LogP contribution in [-0.4, -0.2) is 25.3 Å². The molecule has 0 aromatic heterocycles. The molecule has 74 valence electrons. The minimum atomic E-state index is -2.98. The van der Waals surface area contributed by atoms with E-state index in [1.165, 1.54) is 0 Å². The zero-order valence-corrected chi connectivity index (χ0v) is 7.79. The summed E-state index contributed by atoms with van der Waals surface area (Å²) in [5.74, 6) is 0. The van der Waals surface area contributed by atoms with Gasteiger partial charge in [0.05, 0.1) is 12.6 Å². The number of nitrogens with one attached hydrogen (secondary N) is 1. The number of ether oxygens (including phenoxy) is 1. The molecule has 1 rings (SSSR count). The second-order valence-corrected chi connectivity index (χ2v) is 2.64. The van der Waals surface area contributed by atoms with Crippen LogP contribution in [-0.2, 0) is 4.74 Å². The van der Waals surface area contributed by atoms with E-state index >= 15 is 0 Å². The minimum Gasteiger partial charge on any atom is -0.320 e. The van der Waals surface area contributed by atoms with E-state index in [4.69, 9.17) is 0 Å². The Morgan fingerprint density at radius 1 is 1.58 bits per heavy atom. The molecular formula is C7H14ClF2NO. The van der Waals surface area contributed by atoms with Crippen molar-refractivity contribution in [2.24, 2.45) is 0 Å². The summed E-state index contributed by atoms with van der Waals surface area (Å²) in [7, 11) is 0. The fourth-order valence-corrected chi connectivity index (χ4v) is 1.26. The Labute approximate surface area is 77.1 Å². The van der Waals surface area contributed by atoms with Crippen molar-refractivity contribution in [2.75, 3.05) is 13.2 Å². The van der Waals surface area contributed by atoms with Gasteiger partial charge < -0.3 is 10.1 Å². The highest BCUT2D eigenvalue weighted by Crippen LogP contribution is 2.25. The van der Waals surface area contributed by atoms with E-state index in [1.807, 2.05) is 0 Å². The molecule has 1 atom stereocenters. The molecule has 1 fully saturated rings. The maximum Gasteiger partial charge on any atom is 0.370 e. The van der Waals surface area contributed by atoms with E-state index in [2.05, 4.69) is 10.1 Å². The van der Waals surface area contributed by atoms with E-state index in [9.17, 15) is 8.78 Å². The lowest BCUT2D eigenvalue weighted by Gasteiger charge is -2.22. The molecule has 0 aromatic rings. The maximum absolute atomic E-state index is 12.8. The normalized spacial score (nSPS) is 23.8. The third-order valence-electron chi connectivity index (χ3n) is 1.80. The van der Waals surface area contributed by atoms with Gasteiger partial charge in [0.2, 0.25) is 0 Å². The first-order valence-corrected chi connectivity index (χ1v) is 3.92. The number of hydrogen-bond acceptors (Lipinski definition) is 2. The van der Waals surface area contributed by atoms with Crippen molar-refractivity contribution in [3.05, 3.63) is 0 Å². The summed E-state index contributed by atoms with van der Waals surface area (Å²) in [6.07, 6.45) is -1.66. The average molecular weight is 202 g/mol. The summed E-state index contributed by atoms with van der Waals surface area (Å²) in [5.41, 5.74) is 0. The van der Waals surface area contributed by atoms with Crippen molar-refractivity contribution in [3.8, 4) is 0 Å². The highest BCUT2D eigenvalue weighted by atomic mass is 35.5. The Bertz CT molecular complexity index is 129. The van der Waals surface area contributed by atoms with Crippen molar-refractivity contribution in [1.82, 2.24) is 5.32 Å². The first kappa shape index (κ1) is 12.1. The number of rotatable bonds is 3. The lowest BCUT2D eigenvalue weighted by atomic mass is 10.2. The number of alkyl halides is 2. The van der Waals surface area contributed by atoms with Crippen LogP contribution in [0.2, 0.25) is 0 Å². The predicted octanol–water partition coefficient (Wildman–Crippen LogP) is 1.79. The van der Waals surface area contributed by atoms with Gasteiger partial charge in [-0.05, 0) is 26.3 Å². The van der Waals surface area contributed by atoms with Gasteiger partial charge in [-0.25, -0.2) is 0 Å². The van der Waals surface area contributed by atoms with Crippen LogP contribution >= 0.6 is 12.4 Å². The number of halogens is 3. The lowest BCUT2D eigenvalue weighted by molar-refractivity contribution is -0.251. The van der Waals surface area contributed by atoms with E-state index in [-0.39, 0.29) is 19.0 Å². The van der Waals surface area contributed by atoms with Crippen molar-refractivity contribution < 1.29 is 13.5 Å². The molecule has 2 nitrogen and oxygen atoms in total. The molecule has 12 heavy (non-hydrogen) atoms. The summed E-state index contributed by atoms with van der Waals surface area (Å²) >= 11 is 0. The Morgan fingerprint density at radius 2 is 2.25 bits per heavy atom. The molecule has 0 bridgehead atoms. The highest BCUT2D eigenvalue weighted by molar-refractivity contribution is 5.85. The standard InChI is InChI=1S/C7H13F2NO.ClH/c1-2-11-7(8,9)6-4-3-5-10-6;/h6,10H,2-5H2,1H3;1H. The van der Waals surface area contributed by atoms with Gasteiger partial charge in [-0.1, -0.05) is 0 Å². The van der Waals surface area contributed by atoms with E-state index in [0.29, 0.717) is 13.0 Å². The molecule has 1 saturated heterocycles. The summed E-state index contributed by atoms with van der Waals surface area (Å²) < 4.78 is 30.0. The van der Waals surface area contributed by atoms with Crippen LogP contribution in [0.15, 0.2) is 0 Å². The van der Waals surface area contributed by atoms with E-state index in [0.717, 1.165) is 6.42 Å². The van der Waals surface area contributed by atoms with Gasteiger partial charge in [0.25, 0.3) is 0 Å². The molecule has 1 N–H and O–H groups in total. The molecule has 0 amide bonds. The van der Waals surface area contributed by atoms with Gasteiger partial charge in [0.1, 0.15) is 0 Å². The molecule has 5 heteroatoms. The van der Waals surface area contributed by atoms with Crippen LogP contribution in [0.1, 0.15) is 19.8 Å². The molecule has 1 heterocycles. The monoisotopic (exact) mass is 201 g/mol. The predicted molar refractivity (Wildman–Crippen MR) is 44.8 cm³/mol. The molecule has 1 unspecified atom stereocenters. The third-order valence-corrected chi connectivity index (χ3v) is 1.80. The molecule has 0 aromatic carbocycles. The molecule has 0 spiro atoms. The second kappa shape index (κ2) is 4.94. The smallest absolute Gasteiger partial charge is 0.320 e. The molecule has 0 aliphatic carbocycles. The SMILES string of the molecule is CCOC(F)(F)C1CCCN1.Cl. The molecular weight excluding hydrogens is 188 g/mol. The summed E-state index contributed by atoms with van der Waals surface area (Å²) in [4.78, 5) is 0. The van der Waals surface area contributed by atoms with Crippen LogP contribution in [0, 0.1) is 0 Å². The van der Waals surface area contributed by atoms with Gasteiger partial charge in [-0.3, -0.25) is 0 Å². The largest absolute Gasteiger partial charge is 0.370 e. The van der Waals surface area contributed by atoms with Gasteiger partial charge in [0, 0.05) is 0 Å². The van der Waals surface area contributed by atoms with Crippen LogP contribution in [0.3, 0.4) is 0 Å². The Hall–Kier alpha value is 0.0700. The maximum atomic E-state index is 12.8. The van der Waals surface area contributed by atoms with Gasteiger partial charge in [-0.2, -0.15) is 8.78 Å². The first-order valence-electron chi connectivity index (χ1n) is 3.92. The highest BCUT2D eigenvalue weighted by Gasteiger charge is 2.41. The Kier molecular flexibility index (Phi) is 4.97. The fourth-order valence-electron chi connectivity index (χ4n) is 1.26. The van der Waals surface area contributed by atoms with Crippen LogP contribution in [0.5, 0.6) is 0 Å². The third kappa shape index (κ3) is 2.84. The van der Waals surface area contributed by atoms with Gasteiger partial charge in [0.15, 0.2) is 0 Å². The Morgan fingerprint density at radius 3 is 2.67 bits per heavy atom. The zero-order valence-electron chi connectivity index (χ0n) is 6.98. The summed E-state index contributed by atoms with van der Waals surface area (Å²) in [6.45, 7) is 2.31. The van der Waals surface area contributed by atoms with Crippen molar-refractivity contribution >= 4 is 12.4 Å². The van der Waals surface area contributed by atoms with Crippen LogP contribution < -0.4 is 5.32 Å². The van der Waals surface area contributed by atoms with E-state index in [1.54, 1.807) is 6.92 Å². The van der Waals surface area contributed by atoms with Crippen LogP contribution in [0.4, 0.5) is 8.78 Å². The van der Waals surface area contributed by atoms with Crippen molar-refractivity contribution in [1.29, 1.82) is 0 Å². The van der Waals surface area contributed by atoms with Crippen LogP contribution in [0.25, 0.3) is 0 Å². The average Bonchev–Trinajstić information content (AvgIpc) is 2.37. The lowest BCUT2D eigenvalue weighted by Crippen LogP contribution is -2.42. The van der Waals surface area contributed by atoms with Gasteiger partial charge in [-0.15, -0.1) is 12.4 Å². The second-order valence-electron chi connectivity index (χ2n) is 2.64. The quantitative estimate of drug-likeness (QED) is 0.752. The molecule has 1 aliphatic rings. The Balaban J connectivity index is 0.00000121. The molecule has 0 radical (unpaired) electrons. The van der Waals surface area contributed by atoms with Gasteiger partial charge >= 0.3 is 6.11 Å². The summed E-state index contributed by atoms with van der Waals surface area (Å²) in [5, 5.41) is 2.71. The summed E-state index contributed by atoms with van der Waals surface area (Å²) in [6, 6.07) is -0.776. The van der Waals surface area contributed by atoms with E-state index < -0.39 is 12.2 Å². The van der Waals surface area contributed by atoms with Crippen molar-refractivity contribution in [2.45, 2.75) is 31.9 Å². The minimum absolute atomic E-state index is 0. The fraction of sp³-hybridized carbons (Fsp3) is 1.00. The molecule has 0 saturated carbocycles.